The van der Waals surface area contributed by atoms with Gasteiger partial charge in [-0.05, 0) is 24.6 Å². The molecule has 0 spiro atoms. The molecule has 0 saturated heterocycles. The molecule has 0 aliphatic heterocycles. The number of aromatic nitrogens is 4. The minimum atomic E-state index is -0.473. The Labute approximate surface area is 127 Å². The third kappa shape index (κ3) is 2.61. The van der Waals surface area contributed by atoms with Gasteiger partial charge in [0.25, 0.3) is 5.91 Å². The van der Waals surface area contributed by atoms with Gasteiger partial charge >= 0.3 is 0 Å². The van der Waals surface area contributed by atoms with Crippen molar-refractivity contribution >= 4 is 5.91 Å². The van der Waals surface area contributed by atoms with Crippen LogP contribution >= 0.6 is 0 Å². The van der Waals surface area contributed by atoms with Crippen LogP contribution in [0.3, 0.4) is 0 Å². The predicted molar refractivity (Wildman–Crippen MR) is 81.3 cm³/mol. The first-order valence-electron chi connectivity index (χ1n) is 6.82. The maximum absolute atomic E-state index is 11.9. The van der Waals surface area contributed by atoms with Gasteiger partial charge in [-0.1, -0.05) is 35.0 Å². The van der Waals surface area contributed by atoms with E-state index >= 15 is 0 Å². The molecule has 0 radical (unpaired) electrons. The first kappa shape index (κ1) is 14.0. The largest absolute Gasteiger partial charge is 0.307 e. The molecule has 2 aromatic heterocycles. The zero-order valence-electron chi connectivity index (χ0n) is 12.1. The van der Waals surface area contributed by atoms with Crippen molar-refractivity contribution < 1.29 is 4.79 Å². The van der Waals surface area contributed by atoms with Crippen molar-refractivity contribution in [3.63, 3.8) is 0 Å². The summed E-state index contributed by atoms with van der Waals surface area (Å²) in [7, 11) is 0. The summed E-state index contributed by atoms with van der Waals surface area (Å²) in [4.78, 5) is 11.9. The third-order valence-corrected chi connectivity index (χ3v) is 3.36. The quantitative estimate of drug-likeness (QED) is 0.427. The molecular weight excluding hydrogens is 280 g/mol. The lowest BCUT2D eigenvalue weighted by Crippen LogP contribution is -2.31. The highest BCUT2D eigenvalue weighted by Gasteiger charge is 2.20. The van der Waals surface area contributed by atoms with E-state index in [1.165, 1.54) is 5.56 Å². The number of nitrogens with two attached hydrogens (primary N) is 1. The molecule has 0 unspecified atom stereocenters. The zero-order chi connectivity index (χ0) is 15.5. The van der Waals surface area contributed by atoms with Gasteiger partial charge in [0.15, 0.2) is 11.5 Å². The molecule has 112 valence electrons. The van der Waals surface area contributed by atoms with E-state index in [1.807, 2.05) is 55.7 Å². The molecule has 7 heteroatoms. The molecule has 0 saturated carbocycles. The molecule has 0 atom stereocenters. The van der Waals surface area contributed by atoms with Gasteiger partial charge in [0.2, 0.25) is 0 Å². The van der Waals surface area contributed by atoms with Crippen LogP contribution in [-0.4, -0.2) is 25.5 Å². The van der Waals surface area contributed by atoms with Gasteiger partial charge in [-0.15, -0.1) is 5.10 Å². The maximum atomic E-state index is 11.9. The maximum Gasteiger partial charge on any atom is 0.289 e. The molecule has 0 bridgehead atoms. The van der Waals surface area contributed by atoms with Crippen molar-refractivity contribution in [3.05, 3.63) is 65.6 Å². The van der Waals surface area contributed by atoms with Crippen molar-refractivity contribution in [3.8, 4) is 5.82 Å². The number of carbonyl (C=O) groups is 1. The summed E-state index contributed by atoms with van der Waals surface area (Å²) >= 11 is 0. The van der Waals surface area contributed by atoms with E-state index in [4.69, 9.17) is 5.84 Å². The number of amides is 1. The van der Waals surface area contributed by atoms with Gasteiger partial charge in [0, 0.05) is 12.4 Å². The fraction of sp³-hybridized carbons (Fsp3) is 0.133. The first-order valence-corrected chi connectivity index (χ1v) is 6.82. The number of aryl methyl sites for hydroxylation is 1. The highest BCUT2D eigenvalue weighted by molar-refractivity contribution is 5.94. The van der Waals surface area contributed by atoms with Gasteiger partial charge < -0.3 is 4.57 Å². The van der Waals surface area contributed by atoms with Crippen LogP contribution in [0, 0.1) is 6.92 Å². The summed E-state index contributed by atoms with van der Waals surface area (Å²) < 4.78 is 3.47. The van der Waals surface area contributed by atoms with Gasteiger partial charge in [-0.25, -0.2) is 10.5 Å². The number of hydrogen-bond acceptors (Lipinski definition) is 4. The molecule has 1 amide bonds. The molecular formula is C15H16N6O. The SMILES string of the molecule is Cc1ccc(Cn2nnc(C(=O)NN)c2-n2cccc2)cc1. The number of nitrogens with zero attached hydrogens (tertiary/aromatic N) is 4. The summed E-state index contributed by atoms with van der Waals surface area (Å²) in [5.74, 6) is 5.32. The normalized spacial score (nSPS) is 10.6. The Balaban J connectivity index is 2.02. The van der Waals surface area contributed by atoms with Crippen molar-refractivity contribution in [2.75, 3.05) is 0 Å². The fourth-order valence-electron chi connectivity index (χ4n) is 2.23. The minimum Gasteiger partial charge on any atom is -0.307 e. The summed E-state index contributed by atoms with van der Waals surface area (Å²) in [6.45, 7) is 2.55. The highest BCUT2D eigenvalue weighted by atomic mass is 16.2. The molecule has 2 heterocycles. The van der Waals surface area contributed by atoms with Gasteiger partial charge in [-0.2, -0.15) is 0 Å². The summed E-state index contributed by atoms with van der Waals surface area (Å²) in [5, 5.41) is 8.04. The lowest BCUT2D eigenvalue weighted by atomic mass is 10.1. The van der Waals surface area contributed by atoms with Crippen LogP contribution in [0.15, 0.2) is 48.8 Å². The second-order valence-corrected chi connectivity index (χ2v) is 4.97. The van der Waals surface area contributed by atoms with Crippen LogP contribution in [-0.2, 0) is 6.54 Å². The first-order chi connectivity index (χ1) is 10.7. The molecule has 22 heavy (non-hydrogen) atoms. The Morgan fingerprint density at radius 1 is 1.23 bits per heavy atom. The van der Waals surface area contributed by atoms with E-state index < -0.39 is 5.91 Å². The molecule has 3 N–H and O–H groups in total. The van der Waals surface area contributed by atoms with Crippen molar-refractivity contribution in [2.24, 2.45) is 5.84 Å². The average Bonchev–Trinajstić information content (AvgIpc) is 3.18. The highest BCUT2D eigenvalue weighted by Crippen LogP contribution is 2.15. The standard InChI is InChI=1S/C15H16N6O/c1-11-4-6-12(7-5-11)10-21-15(20-8-2-3-9-20)13(18-19-21)14(22)17-16/h2-9H,10,16H2,1H3,(H,17,22). The fourth-order valence-corrected chi connectivity index (χ4v) is 2.23. The molecule has 0 fully saturated rings. The molecule has 0 aliphatic carbocycles. The molecule has 0 aliphatic rings. The van der Waals surface area contributed by atoms with Crippen molar-refractivity contribution in [2.45, 2.75) is 13.5 Å². The number of hydrazine groups is 1. The van der Waals surface area contributed by atoms with Crippen molar-refractivity contribution in [1.82, 2.24) is 25.0 Å². The van der Waals surface area contributed by atoms with E-state index in [0.717, 1.165) is 5.56 Å². The molecule has 7 nitrogen and oxygen atoms in total. The van der Waals surface area contributed by atoms with Gasteiger partial charge in [0.05, 0.1) is 6.54 Å². The minimum absolute atomic E-state index is 0.186. The third-order valence-electron chi connectivity index (χ3n) is 3.36. The average molecular weight is 296 g/mol. The number of nitrogen functional groups attached to an aromatic ring is 1. The number of carbonyl (C=O) groups excluding carboxylic acids is 1. The second-order valence-electron chi connectivity index (χ2n) is 4.97. The van der Waals surface area contributed by atoms with Crippen molar-refractivity contribution in [1.29, 1.82) is 0 Å². The number of rotatable bonds is 4. The predicted octanol–water partition coefficient (Wildman–Crippen LogP) is 1.03. The molecule has 3 aromatic rings. The van der Waals surface area contributed by atoms with Crippen LogP contribution in [0.1, 0.15) is 21.6 Å². The van der Waals surface area contributed by atoms with Gasteiger partial charge in [-0.3, -0.25) is 10.2 Å². The van der Waals surface area contributed by atoms with E-state index in [1.54, 1.807) is 9.25 Å². The Hall–Kier alpha value is -2.93. The van der Waals surface area contributed by atoms with Crippen LogP contribution < -0.4 is 11.3 Å². The van der Waals surface area contributed by atoms with Crippen LogP contribution in [0.4, 0.5) is 0 Å². The van der Waals surface area contributed by atoms with Crippen LogP contribution in [0.25, 0.3) is 5.82 Å². The van der Waals surface area contributed by atoms with E-state index in [2.05, 4.69) is 15.7 Å². The van der Waals surface area contributed by atoms with Gasteiger partial charge in [0.1, 0.15) is 0 Å². The summed E-state index contributed by atoms with van der Waals surface area (Å²) in [5.41, 5.74) is 4.55. The summed E-state index contributed by atoms with van der Waals surface area (Å²) in [6, 6.07) is 11.9. The monoisotopic (exact) mass is 296 g/mol. The van der Waals surface area contributed by atoms with Crippen LogP contribution in [0.2, 0.25) is 0 Å². The Morgan fingerprint density at radius 2 is 1.91 bits per heavy atom. The Morgan fingerprint density at radius 3 is 2.55 bits per heavy atom. The Bertz CT molecular complexity index is 773. The zero-order valence-corrected chi connectivity index (χ0v) is 12.1. The summed E-state index contributed by atoms with van der Waals surface area (Å²) in [6.07, 6.45) is 3.66. The second kappa shape index (κ2) is 5.82. The number of nitrogens with one attached hydrogen (secondary N) is 1. The number of hydrogen-bond donors (Lipinski definition) is 2. The smallest absolute Gasteiger partial charge is 0.289 e. The topological polar surface area (TPSA) is 90.8 Å². The van der Waals surface area contributed by atoms with Crippen LogP contribution in [0.5, 0.6) is 0 Å². The molecule has 3 rings (SSSR count). The lowest BCUT2D eigenvalue weighted by molar-refractivity contribution is 0.0948. The Kier molecular flexibility index (Phi) is 3.71. The number of benzene rings is 1. The lowest BCUT2D eigenvalue weighted by Gasteiger charge is -2.09. The van der Waals surface area contributed by atoms with E-state index in [9.17, 15) is 4.79 Å². The molecule has 1 aromatic carbocycles. The van der Waals surface area contributed by atoms with E-state index in [0.29, 0.717) is 12.4 Å². The van der Waals surface area contributed by atoms with E-state index in [-0.39, 0.29) is 5.69 Å².